The van der Waals surface area contributed by atoms with Crippen LogP contribution in [-0.4, -0.2) is 35.6 Å². The van der Waals surface area contributed by atoms with E-state index >= 15 is 0 Å². The number of ether oxygens (including phenoxy) is 2. The van der Waals surface area contributed by atoms with Gasteiger partial charge in [0, 0.05) is 41.2 Å². The molecule has 1 aliphatic heterocycles. The molecule has 5 nitrogen and oxygen atoms in total. The second-order valence-corrected chi connectivity index (χ2v) is 7.32. The molecule has 3 rings (SSSR count). The number of hydrogen-bond acceptors (Lipinski definition) is 4. The number of aryl methyl sites for hydroxylation is 1. The predicted molar refractivity (Wildman–Crippen MR) is 109 cm³/mol. The van der Waals surface area contributed by atoms with Crippen LogP contribution in [0.15, 0.2) is 36.4 Å². The van der Waals surface area contributed by atoms with Crippen LogP contribution >= 0.6 is 11.6 Å². The summed E-state index contributed by atoms with van der Waals surface area (Å²) < 4.78 is 12.9. The van der Waals surface area contributed by atoms with E-state index in [4.69, 9.17) is 21.1 Å². The average molecular weight is 402 g/mol. The minimum Gasteiger partial charge on any atom is -0.454 e. The summed E-state index contributed by atoms with van der Waals surface area (Å²) in [5, 5.41) is 0.543. The third kappa shape index (κ3) is 4.91. The van der Waals surface area contributed by atoms with Crippen molar-refractivity contribution in [1.29, 1.82) is 0 Å². The average Bonchev–Trinajstić information content (AvgIpc) is 3.29. The number of carbonyl (C=O) groups is 2. The molecule has 0 unspecified atom stereocenters. The van der Waals surface area contributed by atoms with Crippen LogP contribution in [0.1, 0.15) is 40.2 Å². The van der Waals surface area contributed by atoms with Crippen LogP contribution in [0.2, 0.25) is 5.02 Å². The Morgan fingerprint density at radius 2 is 2.11 bits per heavy atom. The maximum Gasteiger partial charge on any atom is 0.331 e. The van der Waals surface area contributed by atoms with Gasteiger partial charge in [0.05, 0.1) is 6.10 Å². The van der Waals surface area contributed by atoms with Gasteiger partial charge in [-0.15, -0.1) is 0 Å². The highest BCUT2D eigenvalue weighted by molar-refractivity contribution is 6.32. The molecular weight excluding hydrogens is 378 g/mol. The van der Waals surface area contributed by atoms with Gasteiger partial charge in [0.1, 0.15) is 0 Å². The first-order chi connectivity index (χ1) is 13.5. The normalized spacial score (nSPS) is 16.6. The lowest BCUT2D eigenvalue weighted by atomic mass is 10.1. The third-order valence-corrected chi connectivity index (χ3v) is 5.28. The van der Waals surface area contributed by atoms with Gasteiger partial charge in [-0.05, 0) is 50.5 Å². The van der Waals surface area contributed by atoms with Gasteiger partial charge in [0.15, 0.2) is 6.61 Å². The van der Waals surface area contributed by atoms with Crippen molar-refractivity contribution in [1.82, 2.24) is 4.57 Å². The Morgan fingerprint density at radius 1 is 1.32 bits per heavy atom. The van der Waals surface area contributed by atoms with Crippen molar-refractivity contribution < 1.29 is 19.1 Å². The quantitative estimate of drug-likeness (QED) is 0.392. The van der Waals surface area contributed by atoms with E-state index in [1.807, 2.05) is 32.0 Å². The van der Waals surface area contributed by atoms with Gasteiger partial charge in [-0.3, -0.25) is 4.79 Å². The Labute approximate surface area is 169 Å². The fraction of sp³-hybridized carbons (Fsp3) is 0.364. The molecule has 1 atom stereocenters. The van der Waals surface area contributed by atoms with Crippen LogP contribution in [0, 0.1) is 13.8 Å². The molecule has 1 aromatic carbocycles. The molecule has 0 aliphatic carbocycles. The smallest absolute Gasteiger partial charge is 0.331 e. The van der Waals surface area contributed by atoms with Crippen LogP contribution in [-0.2, 0) is 20.8 Å². The van der Waals surface area contributed by atoms with Gasteiger partial charge < -0.3 is 14.0 Å². The van der Waals surface area contributed by atoms with Crippen molar-refractivity contribution in [3.05, 3.63) is 63.9 Å². The number of hydrogen-bond donors (Lipinski definition) is 0. The number of ketones is 1. The van der Waals surface area contributed by atoms with E-state index in [0.29, 0.717) is 16.1 Å². The van der Waals surface area contributed by atoms with Crippen molar-refractivity contribution in [3.8, 4) is 0 Å². The molecule has 0 amide bonds. The molecule has 1 aliphatic rings. The lowest BCUT2D eigenvalue weighted by Crippen LogP contribution is -2.18. The van der Waals surface area contributed by atoms with E-state index in [0.717, 1.165) is 37.4 Å². The summed E-state index contributed by atoms with van der Waals surface area (Å²) in [5.41, 5.74) is 3.17. The Bertz CT molecular complexity index is 894. The highest BCUT2D eigenvalue weighted by Crippen LogP contribution is 2.21. The lowest BCUT2D eigenvalue weighted by Gasteiger charge is -2.14. The van der Waals surface area contributed by atoms with Crippen LogP contribution < -0.4 is 0 Å². The predicted octanol–water partition coefficient (Wildman–Crippen LogP) is 4.38. The minimum absolute atomic E-state index is 0.195. The first-order valence-corrected chi connectivity index (χ1v) is 9.74. The fourth-order valence-electron chi connectivity index (χ4n) is 3.39. The molecule has 0 N–H and O–H groups in total. The highest BCUT2D eigenvalue weighted by atomic mass is 35.5. The molecule has 2 heterocycles. The molecule has 6 heteroatoms. The third-order valence-electron chi connectivity index (χ3n) is 4.93. The van der Waals surface area contributed by atoms with E-state index < -0.39 is 5.97 Å². The van der Waals surface area contributed by atoms with E-state index in [9.17, 15) is 9.59 Å². The van der Waals surface area contributed by atoms with Crippen LogP contribution in [0.3, 0.4) is 0 Å². The topological polar surface area (TPSA) is 57.5 Å². The first kappa shape index (κ1) is 20.4. The van der Waals surface area contributed by atoms with E-state index in [1.54, 1.807) is 18.2 Å². The molecule has 28 heavy (non-hydrogen) atoms. The lowest BCUT2D eigenvalue weighted by molar-refractivity contribution is -0.136. The van der Waals surface area contributed by atoms with Gasteiger partial charge in [0.2, 0.25) is 5.78 Å². The monoisotopic (exact) mass is 401 g/mol. The Kier molecular flexibility index (Phi) is 6.70. The van der Waals surface area contributed by atoms with E-state index in [-0.39, 0.29) is 18.5 Å². The van der Waals surface area contributed by atoms with Crippen molar-refractivity contribution >= 4 is 29.4 Å². The largest absolute Gasteiger partial charge is 0.454 e. The van der Waals surface area contributed by atoms with Crippen molar-refractivity contribution in [2.75, 3.05) is 13.2 Å². The van der Waals surface area contributed by atoms with Crippen molar-refractivity contribution in [2.24, 2.45) is 0 Å². The molecular formula is C22H24ClNO4. The summed E-state index contributed by atoms with van der Waals surface area (Å²) in [6.45, 7) is 5.13. The molecule has 1 fully saturated rings. The summed E-state index contributed by atoms with van der Waals surface area (Å²) in [6, 6.07) is 9.02. The van der Waals surface area contributed by atoms with Crippen molar-refractivity contribution in [3.63, 3.8) is 0 Å². The molecule has 0 spiro atoms. The van der Waals surface area contributed by atoms with Crippen LogP contribution in [0.25, 0.3) is 6.08 Å². The van der Waals surface area contributed by atoms with Crippen molar-refractivity contribution in [2.45, 2.75) is 39.3 Å². The fourth-order valence-corrected chi connectivity index (χ4v) is 3.59. The number of rotatable bonds is 7. The number of aromatic nitrogens is 1. The molecule has 0 bridgehead atoms. The number of nitrogens with zero attached hydrogens (tertiary/aromatic N) is 1. The summed E-state index contributed by atoms with van der Waals surface area (Å²) in [5.74, 6) is -0.799. The summed E-state index contributed by atoms with van der Waals surface area (Å²) in [6.07, 6.45) is 5.15. The minimum atomic E-state index is -0.582. The SMILES string of the molecule is Cc1cc(C(=O)COC(=O)/C=C/c2ccccc2Cl)c(C)n1C[C@@H]1CCCO1. The standard InChI is InChI=1S/C22H24ClNO4/c1-15-12-19(16(2)24(15)13-18-7-5-11-27-18)21(25)14-28-22(26)10-9-17-6-3-4-8-20(17)23/h3-4,6,8-10,12,18H,5,7,11,13-14H2,1-2H3/b10-9+/t18-/m0/s1. The van der Waals surface area contributed by atoms with E-state index in [1.165, 1.54) is 6.08 Å². The molecule has 1 aromatic heterocycles. The zero-order valence-corrected chi connectivity index (χ0v) is 16.9. The van der Waals surface area contributed by atoms with Gasteiger partial charge in [-0.25, -0.2) is 4.79 Å². The number of Topliss-reactive ketones (excluding diaryl/α,β-unsaturated/α-hetero) is 1. The summed E-state index contributed by atoms with van der Waals surface area (Å²) in [7, 11) is 0. The van der Waals surface area contributed by atoms with Gasteiger partial charge in [-0.2, -0.15) is 0 Å². The zero-order valence-electron chi connectivity index (χ0n) is 16.1. The Morgan fingerprint density at radius 3 is 2.82 bits per heavy atom. The summed E-state index contributed by atoms with van der Waals surface area (Å²) >= 11 is 6.04. The zero-order chi connectivity index (χ0) is 20.1. The van der Waals surface area contributed by atoms with Gasteiger partial charge in [0.25, 0.3) is 0 Å². The molecule has 0 radical (unpaired) electrons. The maximum absolute atomic E-state index is 12.5. The second-order valence-electron chi connectivity index (χ2n) is 6.92. The number of esters is 1. The number of carbonyl (C=O) groups excluding carboxylic acids is 2. The molecule has 148 valence electrons. The van der Waals surface area contributed by atoms with Gasteiger partial charge in [-0.1, -0.05) is 29.8 Å². The Balaban J connectivity index is 1.58. The number of halogens is 1. The number of benzene rings is 1. The highest BCUT2D eigenvalue weighted by Gasteiger charge is 2.21. The second kappa shape index (κ2) is 9.22. The molecule has 1 saturated heterocycles. The first-order valence-electron chi connectivity index (χ1n) is 9.36. The maximum atomic E-state index is 12.5. The molecule has 0 saturated carbocycles. The van der Waals surface area contributed by atoms with Crippen LogP contribution in [0.4, 0.5) is 0 Å². The Hall–Kier alpha value is -2.37. The molecule has 2 aromatic rings. The van der Waals surface area contributed by atoms with E-state index in [2.05, 4.69) is 4.57 Å². The van der Waals surface area contributed by atoms with Gasteiger partial charge >= 0.3 is 5.97 Å². The summed E-state index contributed by atoms with van der Waals surface area (Å²) in [4.78, 5) is 24.5. The van der Waals surface area contributed by atoms with Crippen LogP contribution in [0.5, 0.6) is 0 Å².